The standard InChI is InChI=1S/2C6H10.2CO.Mo/c2*1-4-5-6(2)3;2*1-2;/h2*4-5H,2H2,1,3H3;;;. The molecule has 0 N–H and O–H groups in total. The largest absolute Gasteiger partial charge is 0.0619 e. The van der Waals surface area contributed by atoms with Crippen LogP contribution in [0.25, 0.3) is 0 Å². The van der Waals surface area contributed by atoms with E-state index in [-0.39, 0.29) is 21.1 Å². The molecule has 0 aliphatic rings. The van der Waals surface area contributed by atoms with Crippen LogP contribution in [0.15, 0.2) is 0 Å². The molecule has 0 heterocycles. The van der Waals surface area contributed by atoms with E-state index >= 15 is 0 Å². The quantitative estimate of drug-likeness (QED) is 0.432. The van der Waals surface area contributed by atoms with Gasteiger partial charge in [-0.05, 0) is 51.4 Å². The van der Waals surface area contributed by atoms with Gasteiger partial charge in [0.1, 0.15) is 0 Å². The van der Waals surface area contributed by atoms with Crippen LogP contribution in [0.4, 0.5) is 0 Å². The van der Waals surface area contributed by atoms with E-state index in [0.717, 1.165) is 11.8 Å². The van der Waals surface area contributed by atoms with E-state index < -0.39 is 0 Å². The van der Waals surface area contributed by atoms with Crippen LogP contribution in [0.1, 0.15) is 27.7 Å². The minimum absolute atomic E-state index is 0. The Morgan fingerprint density at radius 2 is 1.00 bits per heavy atom. The zero-order valence-electron chi connectivity index (χ0n) is 10.9. The Labute approximate surface area is 123 Å². The monoisotopic (exact) mass is 318 g/mol. The van der Waals surface area contributed by atoms with Gasteiger partial charge in [0.2, 0.25) is 0 Å². The predicted octanol–water partition coefficient (Wildman–Crippen LogP) is 3.61. The number of hydrogen-bond donors (Lipinski definition) is 0. The molecule has 0 aromatic rings. The molecule has 94 valence electrons. The van der Waals surface area contributed by atoms with E-state index in [2.05, 4.69) is 27.1 Å². The predicted molar refractivity (Wildman–Crippen MR) is 65.0 cm³/mol. The molecule has 0 fully saturated rings. The third kappa shape index (κ3) is 85.3. The molecule has 17 heavy (non-hydrogen) atoms. The van der Waals surface area contributed by atoms with Crippen LogP contribution in [-0.2, 0) is 30.4 Å². The van der Waals surface area contributed by atoms with Gasteiger partial charge in [-0.3, -0.25) is 0 Å². The summed E-state index contributed by atoms with van der Waals surface area (Å²) in [4.78, 5) is 0. The van der Waals surface area contributed by atoms with Crippen molar-refractivity contribution in [2.45, 2.75) is 27.7 Å². The van der Waals surface area contributed by atoms with Gasteiger partial charge < -0.3 is 0 Å². The van der Waals surface area contributed by atoms with Gasteiger partial charge in [0.15, 0.2) is 0 Å². The van der Waals surface area contributed by atoms with Gasteiger partial charge in [-0.1, -0.05) is 27.7 Å². The summed E-state index contributed by atoms with van der Waals surface area (Å²) in [5, 5.41) is 0. The fourth-order valence-corrected chi connectivity index (χ4v) is 0.569. The first kappa shape index (κ1) is 30.3. The summed E-state index contributed by atoms with van der Waals surface area (Å²) in [6, 6.07) is 0. The van der Waals surface area contributed by atoms with Gasteiger partial charge in [-0.2, -0.15) is 0 Å². The fraction of sp³-hybridized carbons (Fsp3) is 0.286. The molecular weight excluding hydrogens is 296 g/mol. The normalized spacial score (nSPS) is 7.29. The van der Waals surface area contributed by atoms with Crippen LogP contribution in [0.5, 0.6) is 0 Å². The minimum atomic E-state index is 0. The average Bonchev–Trinajstić information content (AvgIpc) is 2.24. The molecule has 0 aliphatic carbocycles. The van der Waals surface area contributed by atoms with Crippen LogP contribution >= 0.6 is 0 Å². The summed E-state index contributed by atoms with van der Waals surface area (Å²) in [7, 11) is 0. The third-order valence-electron chi connectivity index (χ3n) is 0.902. The summed E-state index contributed by atoms with van der Waals surface area (Å²) < 4.78 is 15.0. The van der Waals surface area contributed by atoms with E-state index in [9.17, 15) is 0 Å². The average molecular weight is 316 g/mol. The van der Waals surface area contributed by atoms with Gasteiger partial charge in [0, 0.05) is 21.1 Å². The topological polar surface area (TPSA) is 39.8 Å². The molecule has 0 aromatic carbocycles. The molecule has 0 amide bonds. The van der Waals surface area contributed by atoms with Crippen molar-refractivity contribution in [2.24, 2.45) is 0 Å². The van der Waals surface area contributed by atoms with Gasteiger partial charge in [0.25, 0.3) is 0 Å². The second-order valence-electron chi connectivity index (χ2n) is 2.69. The summed E-state index contributed by atoms with van der Waals surface area (Å²) in [5.41, 5.74) is 0. The maximum Gasteiger partial charge on any atom is 0 e. The molecule has 8 radical (unpaired) electrons. The van der Waals surface area contributed by atoms with Crippen molar-refractivity contribution in [3.63, 3.8) is 0 Å². The van der Waals surface area contributed by atoms with Gasteiger partial charge in [-0.15, -0.1) is 0 Å². The number of hydrogen-bond acceptors (Lipinski definition) is 0. The van der Waals surface area contributed by atoms with Gasteiger partial charge in [-0.25, -0.2) is 0 Å². The van der Waals surface area contributed by atoms with E-state index in [1.165, 1.54) is 0 Å². The van der Waals surface area contributed by atoms with Crippen molar-refractivity contribution in [3.8, 4) is 0 Å². The molecule has 0 rings (SSSR count). The Hall–Kier alpha value is 0.168. The molecule has 0 atom stereocenters. The van der Waals surface area contributed by atoms with Gasteiger partial charge in [0.05, 0.1) is 0 Å². The first-order chi connectivity index (χ1) is 7.54. The molecule has 0 aromatic heterocycles. The molecule has 0 saturated carbocycles. The summed E-state index contributed by atoms with van der Waals surface area (Å²) in [6.45, 7) is 24.2. The van der Waals surface area contributed by atoms with Crippen molar-refractivity contribution in [3.05, 3.63) is 64.7 Å². The minimum Gasteiger partial charge on any atom is -0.0619 e. The van der Waals surface area contributed by atoms with E-state index in [4.69, 9.17) is 9.30 Å². The van der Waals surface area contributed by atoms with Crippen LogP contribution in [-0.4, -0.2) is 0 Å². The zero-order valence-corrected chi connectivity index (χ0v) is 13.0. The zero-order chi connectivity index (χ0) is 14.0. The Morgan fingerprint density at radius 3 is 1.00 bits per heavy atom. The molecule has 0 spiro atoms. The van der Waals surface area contributed by atoms with Crippen LogP contribution < -0.4 is 0 Å². The molecule has 0 saturated heterocycles. The van der Waals surface area contributed by atoms with E-state index in [1.807, 2.05) is 53.4 Å². The van der Waals surface area contributed by atoms with Crippen molar-refractivity contribution < 1.29 is 30.4 Å². The second kappa shape index (κ2) is 36.0. The third-order valence-corrected chi connectivity index (χ3v) is 0.902. The van der Waals surface area contributed by atoms with Crippen LogP contribution in [0, 0.1) is 64.7 Å². The number of rotatable bonds is 4. The smallest absolute Gasteiger partial charge is 0 e. The maximum absolute atomic E-state index is 7.50. The maximum atomic E-state index is 7.50. The van der Waals surface area contributed by atoms with Crippen molar-refractivity contribution in [1.82, 2.24) is 0 Å². The van der Waals surface area contributed by atoms with Crippen LogP contribution in [0.2, 0.25) is 0 Å². The van der Waals surface area contributed by atoms with Crippen molar-refractivity contribution in [2.75, 3.05) is 0 Å². The molecule has 0 bridgehead atoms. The van der Waals surface area contributed by atoms with E-state index in [1.54, 1.807) is 0 Å². The molecule has 2 nitrogen and oxygen atoms in total. The SMILES string of the molecule is [C-]#[O+].[C-]#[O+].[CH2][C](C)[CH][CH]C.[CH2][C](C)[CH][CH]C.[Mo]. The van der Waals surface area contributed by atoms with E-state index in [0.29, 0.717) is 0 Å². The van der Waals surface area contributed by atoms with Crippen molar-refractivity contribution in [1.29, 1.82) is 0 Å². The molecule has 3 heteroatoms. The van der Waals surface area contributed by atoms with Crippen molar-refractivity contribution >= 4 is 0 Å². The van der Waals surface area contributed by atoms with Crippen LogP contribution in [0.3, 0.4) is 0 Å². The first-order valence-corrected chi connectivity index (χ1v) is 4.51. The molecule has 0 unspecified atom stereocenters. The summed E-state index contributed by atoms with van der Waals surface area (Å²) in [5.74, 6) is 2.22. The molecule has 0 aliphatic heterocycles. The van der Waals surface area contributed by atoms with Gasteiger partial charge >= 0.3 is 22.6 Å². The first-order valence-electron chi connectivity index (χ1n) is 4.51. The Bertz CT molecular complexity index is 113. The Morgan fingerprint density at radius 1 is 0.824 bits per heavy atom. The summed E-state index contributed by atoms with van der Waals surface area (Å²) in [6.07, 6.45) is 7.89. The second-order valence-corrected chi connectivity index (χ2v) is 2.69. The fourth-order valence-electron chi connectivity index (χ4n) is 0.569. The summed E-state index contributed by atoms with van der Waals surface area (Å²) >= 11 is 0. The Kier molecular flexibility index (Phi) is 64.1. The molecular formula is C14H20MoO2. The Balaban J connectivity index is -0.0000000417.